The lowest BCUT2D eigenvalue weighted by Crippen LogP contribution is -2.47. The number of hydrogen-bond donors (Lipinski definition) is 1. The summed E-state index contributed by atoms with van der Waals surface area (Å²) < 4.78 is 7.22. The van der Waals surface area contributed by atoms with Gasteiger partial charge >= 0.3 is 0 Å². The summed E-state index contributed by atoms with van der Waals surface area (Å²) in [4.78, 5) is 4.35. The Hall–Kier alpha value is -1.39. The molecule has 17 heavy (non-hydrogen) atoms. The molecule has 0 saturated carbocycles. The van der Waals surface area contributed by atoms with Gasteiger partial charge in [0.1, 0.15) is 0 Å². The summed E-state index contributed by atoms with van der Waals surface area (Å²) in [6, 6.07) is 6.30. The van der Waals surface area contributed by atoms with E-state index in [0.29, 0.717) is 13.2 Å². The second-order valence-electron chi connectivity index (χ2n) is 5.01. The van der Waals surface area contributed by atoms with Crippen molar-refractivity contribution in [3.8, 4) is 0 Å². The first-order valence-electron chi connectivity index (χ1n) is 5.81. The third-order valence-corrected chi connectivity index (χ3v) is 3.52. The molecule has 4 heteroatoms. The molecule has 2 aromatic rings. The molecular formula is C13H16N2O2. The van der Waals surface area contributed by atoms with Crippen LogP contribution in [-0.2, 0) is 18.2 Å². The lowest BCUT2D eigenvalue weighted by atomic mass is 9.80. The SMILES string of the molecule is Cn1cnc2cc(CC3(CO)COC3)ccc21. The van der Waals surface area contributed by atoms with Crippen molar-refractivity contribution in [2.24, 2.45) is 12.5 Å². The highest BCUT2D eigenvalue weighted by molar-refractivity contribution is 5.75. The van der Waals surface area contributed by atoms with Crippen LogP contribution in [0.4, 0.5) is 0 Å². The maximum atomic E-state index is 9.42. The van der Waals surface area contributed by atoms with Gasteiger partial charge in [-0.05, 0) is 24.1 Å². The molecule has 4 nitrogen and oxygen atoms in total. The van der Waals surface area contributed by atoms with Crippen LogP contribution >= 0.6 is 0 Å². The molecule has 0 unspecified atom stereocenters. The number of ether oxygens (including phenoxy) is 1. The van der Waals surface area contributed by atoms with Crippen LogP contribution in [0.2, 0.25) is 0 Å². The first-order valence-corrected chi connectivity index (χ1v) is 5.81. The van der Waals surface area contributed by atoms with E-state index >= 15 is 0 Å². The lowest BCUT2D eigenvalue weighted by molar-refractivity contribution is -0.135. The van der Waals surface area contributed by atoms with Crippen LogP contribution in [0.15, 0.2) is 24.5 Å². The Balaban J connectivity index is 1.90. The van der Waals surface area contributed by atoms with Gasteiger partial charge in [0.25, 0.3) is 0 Å². The topological polar surface area (TPSA) is 47.3 Å². The number of aryl methyl sites for hydroxylation is 1. The van der Waals surface area contributed by atoms with Gasteiger partial charge < -0.3 is 14.4 Å². The highest BCUT2D eigenvalue weighted by Gasteiger charge is 2.38. The summed E-state index contributed by atoms with van der Waals surface area (Å²) in [7, 11) is 1.99. The number of fused-ring (bicyclic) bond motifs is 1. The number of benzene rings is 1. The van der Waals surface area contributed by atoms with Crippen LogP contribution in [-0.4, -0.2) is 34.5 Å². The van der Waals surface area contributed by atoms with Gasteiger partial charge in [-0.1, -0.05) is 6.07 Å². The van der Waals surface area contributed by atoms with E-state index in [-0.39, 0.29) is 12.0 Å². The highest BCUT2D eigenvalue weighted by Crippen LogP contribution is 2.31. The van der Waals surface area contributed by atoms with Crippen LogP contribution in [0.3, 0.4) is 0 Å². The number of aliphatic hydroxyl groups excluding tert-OH is 1. The third kappa shape index (κ3) is 1.73. The largest absolute Gasteiger partial charge is 0.396 e. The second kappa shape index (κ2) is 3.82. The smallest absolute Gasteiger partial charge is 0.0955 e. The Morgan fingerprint density at radius 1 is 1.47 bits per heavy atom. The number of hydrogen-bond acceptors (Lipinski definition) is 3. The van der Waals surface area contributed by atoms with Crippen molar-refractivity contribution in [1.82, 2.24) is 9.55 Å². The number of aliphatic hydroxyl groups is 1. The fraction of sp³-hybridized carbons (Fsp3) is 0.462. The van der Waals surface area contributed by atoms with Gasteiger partial charge in [-0.2, -0.15) is 0 Å². The van der Waals surface area contributed by atoms with Gasteiger partial charge in [-0.15, -0.1) is 0 Å². The van der Waals surface area contributed by atoms with Crippen molar-refractivity contribution < 1.29 is 9.84 Å². The zero-order chi connectivity index (χ0) is 11.9. The fourth-order valence-electron chi connectivity index (χ4n) is 2.36. The van der Waals surface area contributed by atoms with Gasteiger partial charge in [-0.3, -0.25) is 0 Å². The summed E-state index contributed by atoms with van der Waals surface area (Å²) in [5.74, 6) is 0. The first-order chi connectivity index (χ1) is 8.22. The number of nitrogens with zero attached hydrogens (tertiary/aromatic N) is 2. The van der Waals surface area contributed by atoms with Crippen LogP contribution in [0.5, 0.6) is 0 Å². The molecular weight excluding hydrogens is 216 g/mol. The normalized spacial score (nSPS) is 18.2. The van der Waals surface area contributed by atoms with Gasteiger partial charge in [0.2, 0.25) is 0 Å². The van der Waals surface area contributed by atoms with E-state index in [4.69, 9.17) is 4.74 Å². The molecule has 1 aromatic heterocycles. The van der Waals surface area contributed by atoms with E-state index in [9.17, 15) is 5.11 Å². The summed E-state index contributed by atoms with van der Waals surface area (Å²) in [6.07, 6.45) is 2.68. The molecule has 0 spiro atoms. The fourth-order valence-corrected chi connectivity index (χ4v) is 2.36. The molecule has 1 aliphatic heterocycles. The molecule has 0 atom stereocenters. The van der Waals surface area contributed by atoms with Crippen LogP contribution < -0.4 is 0 Å². The van der Waals surface area contributed by atoms with E-state index in [1.54, 1.807) is 0 Å². The Morgan fingerprint density at radius 2 is 2.29 bits per heavy atom. The van der Waals surface area contributed by atoms with Crippen molar-refractivity contribution in [3.05, 3.63) is 30.1 Å². The molecule has 3 rings (SSSR count). The monoisotopic (exact) mass is 232 g/mol. The average Bonchev–Trinajstić information content (AvgIpc) is 2.65. The third-order valence-electron chi connectivity index (χ3n) is 3.52. The summed E-state index contributed by atoms with van der Waals surface area (Å²) in [5.41, 5.74) is 3.30. The van der Waals surface area contributed by atoms with Crippen molar-refractivity contribution in [2.75, 3.05) is 19.8 Å². The second-order valence-corrected chi connectivity index (χ2v) is 5.01. The summed E-state index contributed by atoms with van der Waals surface area (Å²) in [6.45, 7) is 1.50. The van der Waals surface area contributed by atoms with Crippen molar-refractivity contribution in [2.45, 2.75) is 6.42 Å². The van der Waals surface area contributed by atoms with E-state index < -0.39 is 0 Å². The number of imidazole rings is 1. The van der Waals surface area contributed by atoms with Crippen LogP contribution in [0.1, 0.15) is 5.56 Å². The Morgan fingerprint density at radius 3 is 2.94 bits per heavy atom. The molecule has 1 aromatic carbocycles. The number of rotatable bonds is 3. The molecule has 1 N–H and O–H groups in total. The van der Waals surface area contributed by atoms with Gasteiger partial charge in [-0.25, -0.2) is 4.98 Å². The Labute approximate surface area is 99.8 Å². The maximum Gasteiger partial charge on any atom is 0.0955 e. The predicted molar refractivity (Wildman–Crippen MR) is 64.8 cm³/mol. The van der Waals surface area contributed by atoms with Crippen molar-refractivity contribution >= 4 is 11.0 Å². The molecule has 0 radical (unpaired) electrons. The quantitative estimate of drug-likeness (QED) is 0.862. The standard InChI is InChI=1S/C13H16N2O2/c1-15-9-14-11-4-10(2-3-12(11)15)5-13(6-16)7-17-8-13/h2-4,9,16H,5-8H2,1H3. The minimum Gasteiger partial charge on any atom is -0.396 e. The summed E-state index contributed by atoms with van der Waals surface area (Å²) in [5, 5.41) is 9.42. The number of aromatic nitrogens is 2. The van der Waals surface area contributed by atoms with Crippen molar-refractivity contribution in [3.63, 3.8) is 0 Å². The van der Waals surface area contributed by atoms with Gasteiger partial charge in [0.05, 0.1) is 37.2 Å². The highest BCUT2D eigenvalue weighted by atomic mass is 16.5. The molecule has 1 saturated heterocycles. The van der Waals surface area contributed by atoms with Gasteiger partial charge in [0, 0.05) is 12.5 Å². The minimum absolute atomic E-state index is 0.0670. The van der Waals surface area contributed by atoms with Gasteiger partial charge in [0.15, 0.2) is 0 Å². The average molecular weight is 232 g/mol. The first kappa shape index (κ1) is 10.7. The molecule has 0 bridgehead atoms. The van der Waals surface area contributed by atoms with E-state index in [0.717, 1.165) is 17.5 Å². The maximum absolute atomic E-state index is 9.42. The molecule has 1 aliphatic rings. The van der Waals surface area contributed by atoms with E-state index in [2.05, 4.69) is 23.2 Å². The molecule has 0 amide bonds. The Bertz CT molecular complexity index is 538. The molecule has 1 fully saturated rings. The van der Waals surface area contributed by atoms with E-state index in [1.807, 2.05) is 17.9 Å². The lowest BCUT2D eigenvalue weighted by Gasteiger charge is -2.40. The predicted octanol–water partition coefficient (Wildman–Crippen LogP) is 1.12. The Kier molecular flexibility index (Phi) is 2.42. The molecule has 0 aliphatic carbocycles. The van der Waals surface area contributed by atoms with Crippen molar-refractivity contribution in [1.29, 1.82) is 0 Å². The zero-order valence-corrected chi connectivity index (χ0v) is 9.89. The summed E-state index contributed by atoms with van der Waals surface area (Å²) >= 11 is 0. The molecule has 2 heterocycles. The van der Waals surface area contributed by atoms with E-state index in [1.165, 1.54) is 5.56 Å². The zero-order valence-electron chi connectivity index (χ0n) is 9.89. The minimum atomic E-state index is -0.0670. The molecule has 90 valence electrons. The van der Waals surface area contributed by atoms with Crippen LogP contribution in [0.25, 0.3) is 11.0 Å². The van der Waals surface area contributed by atoms with Crippen LogP contribution in [0, 0.1) is 5.41 Å².